The van der Waals surface area contributed by atoms with Crippen molar-refractivity contribution in [2.75, 3.05) is 12.4 Å². The van der Waals surface area contributed by atoms with Crippen molar-refractivity contribution in [1.29, 1.82) is 0 Å². The molecule has 0 bridgehead atoms. The fourth-order valence-corrected chi connectivity index (χ4v) is 2.60. The maximum atomic E-state index is 13.1. The number of aliphatic hydroxyl groups is 1. The molecule has 28 heavy (non-hydrogen) atoms. The van der Waals surface area contributed by atoms with Gasteiger partial charge < -0.3 is 15.2 Å². The lowest BCUT2D eigenvalue weighted by Gasteiger charge is -2.33. The van der Waals surface area contributed by atoms with Crippen LogP contribution in [0.15, 0.2) is 42.5 Å². The summed E-state index contributed by atoms with van der Waals surface area (Å²) >= 11 is 5.86. The van der Waals surface area contributed by atoms with Gasteiger partial charge in [-0.15, -0.1) is 0 Å². The van der Waals surface area contributed by atoms with Gasteiger partial charge in [-0.2, -0.15) is 26.3 Å². The van der Waals surface area contributed by atoms with Crippen LogP contribution >= 0.6 is 11.6 Å². The lowest BCUT2D eigenvalue weighted by Crippen LogP contribution is -2.54. The molecule has 152 valence electrons. The quantitative estimate of drug-likeness (QED) is 0.681. The molecule has 2 N–H and O–H groups in total. The summed E-state index contributed by atoms with van der Waals surface area (Å²) in [5.74, 6) is -1.67. The monoisotopic (exact) mass is 427 g/mol. The Morgan fingerprint density at radius 3 is 2.11 bits per heavy atom. The Balaban J connectivity index is 2.47. The number of alkyl halides is 6. The van der Waals surface area contributed by atoms with Crippen LogP contribution in [0.25, 0.3) is 0 Å². The molecule has 0 aliphatic heterocycles. The molecule has 11 heteroatoms. The number of amides is 1. The second-order valence-corrected chi connectivity index (χ2v) is 5.96. The zero-order chi connectivity index (χ0) is 21.3. The van der Waals surface area contributed by atoms with Gasteiger partial charge in [0, 0.05) is 17.3 Å². The smallest absolute Gasteiger partial charge is 0.430 e. The van der Waals surface area contributed by atoms with E-state index in [1.54, 1.807) is 6.07 Å². The molecule has 0 unspecified atom stereocenters. The third kappa shape index (κ3) is 3.88. The lowest BCUT2D eigenvalue weighted by molar-refractivity contribution is -0.376. The van der Waals surface area contributed by atoms with E-state index in [-0.39, 0.29) is 16.3 Å². The molecule has 2 rings (SSSR count). The molecule has 0 saturated carbocycles. The summed E-state index contributed by atoms with van der Waals surface area (Å²) in [6.45, 7) is 0. The number of hydrogen-bond acceptors (Lipinski definition) is 3. The zero-order valence-electron chi connectivity index (χ0n) is 14.0. The minimum Gasteiger partial charge on any atom is -0.496 e. The standard InChI is InChI=1S/C17H12ClF6NO3/c1-28-13-8-9(25-14(26)10-4-2-3-5-12(10)18)6-7-11(13)15(27,16(19,20)21)17(22,23)24/h2-8,27H,1H3,(H,25,26). The average Bonchev–Trinajstić information content (AvgIpc) is 2.59. The fraction of sp³-hybridized carbons (Fsp3) is 0.235. The van der Waals surface area contributed by atoms with Crippen LogP contribution in [0.3, 0.4) is 0 Å². The highest BCUT2D eigenvalue weighted by molar-refractivity contribution is 6.34. The third-order valence-electron chi connectivity index (χ3n) is 3.79. The van der Waals surface area contributed by atoms with Gasteiger partial charge in [0.25, 0.3) is 11.5 Å². The summed E-state index contributed by atoms with van der Waals surface area (Å²) in [5.41, 5.74) is -6.85. The van der Waals surface area contributed by atoms with Crippen LogP contribution in [0, 0.1) is 0 Å². The third-order valence-corrected chi connectivity index (χ3v) is 4.12. The Bertz CT molecular complexity index is 868. The minimum absolute atomic E-state index is 0.0364. The van der Waals surface area contributed by atoms with Gasteiger partial charge in [0.15, 0.2) is 0 Å². The highest BCUT2D eigenvalue weighted by Gasteiger charge is 2.72. The van der Waals surface area contributed by atoms with Crippen LogP contribution in [-0.2, 0) is 5.60 Å². The van der Waals surface area contributed by atoms with Crippen molar-refractivity contribution in [3.8, 4) is 5.75 Å². The molecular weight excluding hydrogens is 416 g/mol. The van der Waals surface area contributed by atoms with Crippen molar-refractivity contribution >= 4 is 23.2 Å². The molecule has 0 aliphatic rings. The maximum absolute atomic E-state index is 13.1. The molecule has 0 aromatic heterocycles. The van der Waals surface area contributed by atoms with Crippen molar-refractivity contribution in [2.24, 2.45) is 0 Å². The molecule has 0 aliphatic carbocycles. The number of benzene rings is 2. The second-order valence-electron chi connectivity index (χ2n) is 5.55. The van der Waals surface area contributed by atoms with Crippen molar-refractivity contribution in [1.82, 2.24) is 0 Å². The lowest BCUT2D eigenvalue weighted by atomic mass is 9.91. The predicted molar refractivity (Wildman–Crippen MR) is 88.4 cm³/mol. The largest absolute Gasteiger partial charge is 0.496 e. The highest BCUT2D eigenvalue weighted by Crippen LogP contribution is 2.52. The molecule has 0 saturated heterocycles. The summed E-state index contributed by atoms with van der Waals surface area (Å²) in [5, 5.41) is 11.9. The Morgan fingerprint density at radius 2 is 1.61 bits per heavy atom. The van der Waals surface area contributed by atoms with Crippen LogP contribution in [-0.4, -0.2) is 30.5 Å². The summed E-state index contributed by atoms with van der Waals surface area (Å²) in [6.07, 6.45) is -12.1. The van der Waals surface area contributed by atoms with E-state index in [1.165, 1.54) is 18.2 Å². The number of ether oxygens (including phenoxy) is 1. The molecule has 0 radical (unpaired) electrons. The molecule has 0 fully saturated rings. The molecule has 4 nitrogen and oxygen atoms in total. The van der Waals surface area contributed by atoms with Gasteiger partial charge >= 0.3 is 12.4 Å². The molecule has 0 spiro atoms. The molecular formula is C17H12ClF6NO3. The van der Waals surface area contributed by atoms with E-state index in [0.29, 0.717) is 6.07 Å². The van der Waals surface area contributed by atoms with Crippen LogP contribution < -0.4 is 10.1 Å². The number of carbonyl (C=O) groups is 1. The summed E-state index contributed by atoms with van der Waals surface area (Å²) in [6, 6.07) is 7.75. The Morgan fingerprint density at radius 1 is 1.04 bits per heavy atom. The topological polar surface area (TPSA) is 58.6 Å². The predicted octanol–water partition coefficient (Wildman–Crippen LogP) is 4.91. The molecule has 0 heterocycles. The molecule has 2 aromatic rings. The van der Waals surface area contributed by atoms with Crippen molar-refractivity contribution in [3.63, 3.8) is 0 Å². The van der Waals surface area contributed by atoms with Gasteiger partial charge in [-0.3, -0.25) is 4.79 Å². The maximum Gasteiger partial charge on any atom is 0.430 e. The number of hydrogen-bond donors (Lipinski definition) is 2. The summed E-state index contributed by atoms with van der Waals surface area (Å²) in [7, 11) is 0.825. The minimum atomic E-state index is -6.07. The first-order valence-corrected chi connectivity index (χ1v) is 7.81. The first-order chi connectivity index (χ1) is 12.8. The number of anilines is 1. The fourth-order valence-electron chi connectivity index (χ4n) is 2.38. The van der Waals surface area contributed by atoms with E-state index in [0.717, 1.165) is 19.2 Å². The highest BCUT2D eigenvalue weighted by atomic mass is 35.5. The Kier molecular flexibility index (Phi) is 5.86. The van der Waals surface area contributed by atoms with Crippen molar-refractivity contribution in [3.05, 3.63) is 58.6 Å². The Hall–Kier alpha value is -2.46. The van der Waals surface area contributed by atoms with Gasteiger partial charge in [-0.25, -0.2) is 0 Å². The molecule has 0 atom stereocenters. The van der Waals surface area contributed by atoms with E-state index in [1.807, 2.05) is 0 Å². The number of carbonyl (C=O) groups excluding carboxylic acids is 1. The van der Waals surface area contributed by atoms with Gasteiger partial charge in [-0.05, 0) is 24.3 Å². The van der Waals surface area contributed by atoms with Gasteiger partial charge in [-0.1, -0.05) is 23.7 Å². The van der Waals surface area contributed by atoms with Gasteiger partial charge in [0.2, 0.25) is 0 Å². The number of halogens is 7. The van der Waals surface area contributed by atoms with Crippen molar-refractivity contribution < 1.29 is 41.0 Å². The normalized spacial score (nSPS) is 12.6. The van der Waals surface area contributed by atoms with Crippen LogP contribution in [0.5, 0.6) is 5.75 Å². The van der Waals surface area contributed by atoms with Gasteiger partial charge in [0.1, 0.15) is 5.75 Å². The van der Waals surface area contributed by atoms with E-state index in [2.05, 4.69) is 10.1 Å². The summed E-state index contributed by atoms with van der Waals surface area (Å²) in [4.78, 5) is 12.2. The van der Waals surface area contributed by atoms with Crippen LogP contribution in [0.1, 0.15) is 15.9 Å². The molecule has 1 amide bonds. The summed E-state index contributed by atoms with van der Waals surface area (Å²) < 4.78 is 83.0. The SMILES string of the molecule is COc1cc(NC(=O)c2ccccc2Cl)ccc1C(O)(C(F)(F)F)C(F)(F)F. The first kappa shape index (κ1) is 21.8. The Labute approximate surface area is 159 Å². The van der Waals surface area contributed by atoms with E-state index in [9.17, 15) is 36.2 Å². The number of rotatable bonds is 4. The first-order valence-electron chi connectivity index (χ1n) is 7.43. The number of nitrogens with one attached hydrogen (secondary N) is 1. The van der Waals surface area contributed by atoms with Crippen LogP contribution in [0.2, 0.25) is 5.02 Å². The van der Waals surface area contributed by atoms with E-state index < -0.39 is 35.2 Å². The zero-order valence-corrected chi connectivity index (χ0v) is 14.7. The average molecular weight is 428 g/mol. The van der Waals surface area contributed by atoms with E-state index in [4.69, 9.17) is 11.6 Å². The second kappa shape index (κ2) is 7.51. The van der Waals surface area contributed by atoms with Crippen LogP contribution in [0.4, 0.5) is 32.0 Å². The molecule has 2 aromatic carbocycles. The number of methoxy groups -OCH3 is 1. The van der Waals surface area contributed by atoms with Gasteiger partial charge in [0.05, 0.1) is 17.7 Å². The van der Waals surface area contributed by atoms with E-state index >= 15 is 0 Å². The van der Waals surface area contributed by atoms with Crippen molar-refractivity contribution in [2.45, 2.75) is 18.0 Å².